The molecule has 2 nitrogen and oxygen atoms in total. The molecule has 0 aromatic rings. The van der Waals surface area contributed by atoms with Crippen LogP contribution in [0.2, 0.25) is 0 Å². The maximum absolute atomic E-state index is 9.70. The standard InChI is InChI=1S/C9H14O2/c1-4-9(10)5-7(2)11-8(3)6-9/h1,7-8,10H,5-6H2,2-3H3/t7-,8+,9?. The van der Waals surface area contributed by atoms with E-state index in [1.807, 2.05) is 13.8 Å². The monoisotopic (exact) mass is 154 g/mol. The lowest BCUT2D eigenvalue weighted by atomic mass is 9.89. The molecule has 1 N–H and O–H groups in total. The molecule has 1 unspecified atom stereocenters. The molecular formula is C9H14O2. The average molecular weight is 154 g/mol. The van der Waals surface area contributed by atoms with Crippen LogP contribution < -0.4 is 0 Å². The van der Waals surface area contributed by atoms with Crippen molar-refractivity contribution >= 4 is 0 Å². The lowest BCUT2D eigenvalue weighted by Gasteiger charge is -2.35. The largest absolute Gasteiger partial charge is 0.377 e. The van der Waals surface area contributed by atoms with Gasteiger partial charge in [-0.2, -0.15) is 0 Å². The molecule has 0 spiro atoms. The summed E-state index contributed by atoms with van der Waals surface area (Å²) in [7, 11) is 0. The fraction of sp³-hybridized carbons (Fsp3) is 0.778. The Morgan fingerprint density at radius 3 is 2.27 bits per heavy atom. The molecule has 62 valence electrons. The van der Waals surface area contributed by atoms with Gasteiger partial charge in [-0.15, -0.1) is 6.42 Å². The molecule has 1 heterocycles. The van der Waals surface area contributed by atoms with Crippen LogP contribution in [0.25, 0.3) is 0 Å². The summed E-state index contributed by atoms with van der Waals surface area (Å²) >= 11 is 0. The van der Waals surface area contributed by atoms with Gasteiger partial charge in [-0.25, -0.2) is 0 Å². The summed E-state index contributed by atoms with van der Waals surface area (Å²) in [4.78, 5) is 0. The summed E-state index contributed by atoms with van der Waals surface area (Å²) in [5, 5.41) is 9.70. The zero-order valence-corrected chi connectivity index (χ0v) is 7.00. The van der Waals surface area contributed by atoms with Crippen LogP contribution in [0, 0.1) is 12.3 Å². The van der Waals surface area contributed by atoms with Gasteiger partial charge in [0.05, 0.1) is 12.2 Å². The van der Waals surface area contributed by atoms with Gasteiger partial charge in [0.1, 0.15) is 5.60 Å². The van der Waals surface area contributed by atoms with Crippen molar-refractivity contribution in [3.63, 3.8) is 0 Å². The van der Waals surface area contributed by atoms with Crippen LogP contribution in [-0.4, -0.2) is 22.9 Å². The van der Waals surface area contributed by atoms with Gasteiger partial charge in [0.15, 0.2) is 0 Å². The number of rotatable bonds is 0. The molecule has 1 saturated heterocycles. The Morgan fingerprint density at radius 1 is 1.45 bits per heavy atom. The van der Waals surface area contributed by atoms with Gasteiger partial charge in [-0.3, -0.25) is 0 Å². The Balaban J connectivity index is 2.64. The van der Waals surface area contributed by atoms with E-state index in [9.17, 15) is 5.11 Å². The van der Waals surface area contributed by atoms with E-state index in [0.717, 1.165) is 0 Å². The van der Waals surface area contributed by atoms with Gasteiger partial charge < -0.3 is 9.84 Å². The summed E-state index contributed by atoms with van der Waals surface area (Å²) in [6.45, 7) is 3.86. The van der Waals surface area contributed by atoms with E-state index < -0.39 is 5.60 Å². The van der Waals surface area contributed by atoms with Crippen LogP contribution in [-0.2, 0) is 4.74 Å². The van der Waals surface area contributed by atoms with Gasteiger partial charge in [-0.1, -0.05) is 5.92 Å². The summed E-state index contributed by atoms with van der Waals surface area (Å²) in [5.74, 6) is 2.42. The third kappa shape index (κ3) is 1.95. The number of ether oxygens (including phenoxy) is 1. The minimum absolute atomic E-state index is 0.0693. The SMILES string of the molecule is C#CC1(O)C[C@@H](C)O[C@@H](C)C1. The smallest absolute Gasteiger partial charge is 0.130 e. The highest BCUT2D eigenvalue weighted by molar-refractivity contribution is 5.10. The second kappa shape index (κ2) is 2.84. The topological polar surface area (TPSA) is 29.5 Å². The van der Waals surface area contributed by atoms with Crippen molar-refractivity contribution in [3.8, 4) is 12.3 Å². The molecule has 1 aliphatic heterocycles. The number of hydrogen-bond acceptors (Lipinski definition) is 2. The van der Waals surface area contributed by atoms with Crippen LogP contribution in [0.4, 0.5) is 0 Å². The predicted molar refractivity (Wildman–Crippen MR) is 43.0 cm³/mol. The average Bonchev–Trinajstić information content (AvgIpc) is 1.84. The van der Waals surface area contributed by atoms with Gasteiger partial charge in [-0.05, 0) is 13.8 Å². The zero-order valence-electron chi connectivity index (χ0n) is 7.00. The molecule has 0 aromatic carbocycles. The predicted octanol–water partition coefficient (Wildman–Crippen LogP) is 0.938. The first-order valence-electron chi connectivity index (χ1n) is 3.91. The van der Waals surface area contributed by atoms with E-state index in [1.54, 1.807) is 0 Å². The van der Waals surface area contributed by atoms with Gasteiger partial charge in [0.2, 0.25) is 0 Å². The molecule has 0 amide bonds. The van der Waals surface area contributed by atoms with Crippen molar-refractivity contribution in [2.45, 2.75) is 44.5 Å². The van der Waals surface area contributed by atoms with Crippen molar-refractivity contribution in [3.05, 3.63) is 0 Å². The Labute approximate surface area is 67.6 Å². The first kappa shape index (κ1) is 8.58. The molecule has 11 heavy (non-hydrogen) atoms. The van der Waals surface area contributed by atoms with Crippen molar-refractivity contribution in [1.82, 2.24) is 0 Å². The van der Waals surface area contributed by atoms with Crippen LogP contribution in [0.15, 0.2) is 0 Å². The van der Waals surface area contributed by atoms with Crippen LogP contribution in [0.1, 0.15) is 26.7 Å². The highest BCUT2D eigenvalue weighted by atomic mass is 16.5. The minimum Gasteiger partial charge on any atom is -0.377 e. The van der Waals surface area contributed by atoms with Gasteiger partial charge in [0.25, 0.3) is 0 Å². The Kier molecular flexibility index (Phi) is 2.22. The molecule has 1 rings (SSSR count). The first-order chi connectivity index (χ1) is 5.06. The number of hydrogen-bond donors (Lipinski definition) is 1. The normalized spacial score (nSPS) is 44.9. The van der Waals surface area contributed by atoms with E-state index in [2.05, 4.69) is 5.92 Å². The second-order valence-electron chi connectivity index (χ2n) is 3.34. The Hall–Kier alpha value is -0.520. The van der Waals surface area contributed by atoms with Gasteiger partial charge in [0, 0.05) is 12.8 Å². The third-order valence-corrected chi connectivity index (χ3v) is 1.98. The van der Waals surface area contributed by atoms with E-state index in [1.165, 1.54) is 0 Å². The Bertz CT molecular complexity index is 170. The highest BCUT2D eigenvalue weighted by Crippen LogP contribution is 2.27. The third-order valence-electron chi connectivity index (χ3n) is 1.98. The lowest BCUT2D eigenvalue weighted by Crippen LogP contribution is -2.42. The lowest BCUT2D eigenvalue weighted by molar-refractivity contribution is -0.106. The van der Waals surface area contributed by atoms with Crippen LogP contribution in [0.3, 0.4) is 0 Å². The molecule has 0 aliphatic carbocycles. The summed E-state index contributed by atoms with van der Waals surface area (Å²) in [6, 6.07) is 0. The fourth-order valence-electron chi connectivity index (χ4n) is 1.65. The van der Waals surface area contributed by atoms with E-state index in [-0.39, 0.29) is 12.2 Å². The van der Waals surface area contributed by atoms with E-state index in [4.69, 9.17) is 11.2 Å². The zero-order chi connectivity index (χ0) is 8.48. The fourth-order valence-corrected chi connectivity index (χ4v) is 1.65. The first-order valence-corrected chi connectivity index (χ1v) is 3.91. The molecule has 2 heteroatoms. The van der Waals surface area contributed by atoms with Crippen molar-refractivity contribution in [2.24, 2.45) is 0 Å². The van der Waals surface area contributed by atoms with Crippen molar-refractivity contribution < 1.29 is 9.84 Å². The summed E-state index contributed by atoms with van der Waals surface area (Å²) < 4.78 is 5.43. The highest BCUT2D eigenvalue weighted by Gasteiger charge is 2.34. The summed E-state index contributed by atoms with van der Waals surface area (Å²) in [5.41, 5.74) is -0.933. The maximum Gasteiger partial charge on any atom is 0.130 e. The molecule has 1 fully saturated rings. The minimum atomic E-state index is -0.933. The molecule has 3 atom stereocenters. The molecule has 0 saturated carbocycles. The Morgan fingerprint density at radius 2 is 1.91 bits per heavy atom. The number of terminal acetylenes is 1. The molecule has 1 aliphatic rings. The van der Waals surface area contributed by atoms with E-state index in [0.29, 0.717) is 12.8 Å². The molecule has 0 radical (unpaired) electrons. The van der Waals surface area contributed by atoms with Crippen molar-refractivity contribution in [2.75, 3.05) is 0 Å². The molecular weight excluding hydrogens is 140 g/mol. The number of aliphatic hydroxyl groups is 1. The van der Waals surface area contributed by atoms with E-state index >= 15 is 0 Å². The van der Waals surface area contributed by atoms with Crippen LogP contribution in [0.5, 0.6) is 0 Å². The second-order valence-corrected chi connectivity index (χ2v) is 3.34. The quantitative estimate of drug-likeness (QED) is 0.526. The maximum atomic E-state index is 9.70. The molecule has 0 aromatic heterocycles. The van der Waals surface area contributed by atoms with Gasteiger partial charge >= 0.3 is 0 Å². The van der Waals surface area contributed by atoms with Crippen LogP contribution >= 0.6 is 0 Å². The molecule has 0 bridgehead atoms. The van der Waals surface area contributed by atoms with Crippen molar-refractivity contribution in [1.29, 1.82) is 0 Å². The summed E-state index contributed by atoms with van der Waals surface area (Å²) in [6.07, 6.45) is 6.44.